The number of aromatic nitrogens is 2. The summed E-state index contributed by atoms with van der Waals surface area (Å²) in [5.41, 5.74) is 1.51. The molecule has 0 saturated carbocycles. The number of benzene rings is 2. The lowest BCUT2D eigenvalue weighted by Gasteiger charge is -2.10. The van der Waals surface area contributed by atoms with Gasteiger partial charge in [-0.25, -0.2) is 9.07 Å². The van der Waals surface area contributed by atoms with Crippen molar-refractivity contribution in [2.75, 3.05) is 5.32 Å². The second kappa shape index (κ2) is 8.47. The summed E-state index contributed by atoms with van der Waals surface area (Å²) in [6.45, 7) is 3.73. The molecule has 1 aromatic heterocycles. The van der Waals surface area contributed by atoms with Gasteiger partial charge in [-0.05, 0) is 29.8 Å². The van der Waals surface area contributed by atoms with Crippen LogP contribution in [0.5, 0.6) is 0 Å². The van der Waals surface area contributed by atoms with E-state index in [4.69, 9.17) is 0 Å². The lowest BCUT2D eigenvalue weighted by molar-refractivity contribution is -0.118. The van der Waals surface area contributed by atoms with E-state index in [0.717, 1.165) is 0 Å². The van der Waals surface area contributed by atoms with Crippen molar-refractivity contribution < 1.29 is 14.0 Å². The zero-order valence-corrected chi connectivity index (χ0v) is 15.6. The monoisotopic (exact) mass is 380 g/mol. The van der Waals surface area contributed by atoms with Gasteiger partial charge in [0.2, 0.25) is 5.91 Å². The van der Waals surface area contributed by atoms with Gasteiger partial charge in [-0.3, -0.25) is 9.59 Å². The van der Waals surface area contributed by atoms with Gasteiger partial charge in [-0.2, -0.15) is 5.10 Å². The summed E-state index contributed by atoms with van der Waals surface area (Å²) in [6, 6.07) is 16.7. The number of rotatable bonds is 6. The van der Waals surface area contributed by atoms with Crippen LogP contribution in [0.25, 0.3) is 5.69 Å². The lowest BCUT2D eigenvalue weighted by Crippen LogP contribution is -2.23. The van der Waals surface area contributed by atoms with Crippen LogP contribution in [0.3, 0.4) is 0 Å². The minimum absolute atomic E-state index is 0.152. The summed E-state index contributed by atoms with van der Waals surface area (Å²) in [5.74, 6) is -0.772. The molecule has 6 nitrogen and oxygen atoms in total. The van der Waals surface area contributed by atoms with Crippen LogP contribution in [0.4, 0.5) is 10.2 Å². The Hall–Kier alpha value is -3.48. The Morgan fingerprint density at radius 1 is 1.07 bits per heavy atom. The van der Waals surface area contributed by atoms with E-state index in [2.05, 4.69) is 15.7 Å². The largest absolute Gasteiger partial charge is 0.347 e. The molecule has 0 unspecified atom stereocenters. The maximum absolute atomic E-state index is 13.3. The highest BCUT2D eigenvalue weighted by Gasteiger charge is 2.18. The van der Waals surface area contributed by atoms with E-state index in [-0.39, 0.29) is 29.9 Å². The average Bonchev–Trinajstić information content (AvgIpc) is 3.10. The Morgan fingerprint density at radius 2 is 1.82 bits per heavy atom. The van der Waals surface area contributed by atoms with Gasteiger partial charge in [0.15, 0.2) is 5.69 Å². The van der Waals surface area contributed by atoms with Crippen molar-refractivity contribution in [3.63, 3.8) is 0 Å². The SMILES string of the molecule is CC(C)C(=O)Nc1cc(C(=O)NCc2cccc(F)c2)nn1-c1ccccc1. The Balaban J connectivity index is 1.83. The molecule has 2 amide bonds. The topological polar surface area (TPSA) is 76.0 Å². The van der Waals surface area contributed by atoms with Crippen molar-refractivity contribution in [2.24, 2.45) is 5.92 Å². The summed E-state index contributed by atoms with van der Waals surface area (Å²) in [5, 5.41) is 9.85. The van der Waals surface area contributed by atoms with Gasteiger partial charge in [0.05, 0.1) is 5.69 Å². The normalized spacial score (nSPS) is 10.7. The van der Waals surface area contributed by atoms with Crippen LogP contribution in [0.1, 0.15) is 29.9 Å². The minimum Gasteiger partial charge on any atom is -0.347 e. The van der Waals surface area contributed by atoms with Crippen LogP contribution in [0, 0.1) is 11.7 Å². The minimum atomic E-state index is -0.418. The summed E-state index contributed by atoms with van der Waals surface area (Å²) < 4.78 is 14.8. The molecule has 0 bridgehead atoms. The van der Waals surface area contributed by atoms with Gasteiger partial charge < -0.3 is 10.6 Å². The predicted octanol–water partition coefficient (Wildman–Crippen LogP) is 3.54. The number of carbonyl (C=O) groups is 2. The third-order valence-corrected chi connectivity index (χ3v) is 4.06. The Labute approximate surface area is 162 Å². The van der Waals surface area contributed by atoms with Crippen LogP contribution in [-0.4, -0.2) is 21.6 Å². The van der Waals surface area contributed by atoms with Crippen LogP contribution in [0.15, 0.2) is 60.7 Å². The summed E-state index contributed by atoms with van der Waals surface area (Å²) in [6.07, 6.45) is 0. The number of carbonyl (C=O) groups excluding carboxylic acids is 2. The van der Waals surface area contributed by atoms with Crippen LogP contribution < -0.4 is 10.6 Å². The van der Waals surface area contributed by atoms with E-state index < -0.39 is 5.91 Å². The van der Waals surface area contributed by atoms with Crippen molar-refractivity contribution in [1.29, 1.82) is 0 Å². The van der Waals surface area contributed by atoms with Gasteiger partial charge in [0, 0.05) is 18.5 Å². The first-order valence-electron chi connectivity index (χ1n) is 8.93. The molecule has 3 rings (SSSR count). The molecule has 0 aliphatic carbocycles. The van der Waals surface area contributed by atoms with Crippen molar-refractivity contribution >= 4 is 17.6 Å². The fourth-order valence-corrected chi connectivity index (χ4v) is 2.54. The van der Waals surface area contributed by atoms with Gasteiger partial charge in [0.25, 0.3) is 5.91 Å². The molecule has 0 fully saturated rings. The number of hydrogen-bond donors (Lipinski definition) is 2. The molecule has 0 aliphatic heterocycles. The summed E-state index contributed by atoms with van der Waals surface area (Å²) in [4.78, 5) is 24.7. The quantitative estimate of drug-likeness (QED) is 0.687. The molecule has 0 saturated heterocycles. The van der Waals surface area contributed by atoms with Crippen LogP contribution in [0.2, 0.25) is 0 Å². The number of anilines is 1. The molecule has 0 radical (unpaired) electrons. The zero-order chi connectivity index (χ0) is 20.1. The number of para-hydroxylation sites is 1. The van der Waals surface area contributed by atoms with Gasteiger partial charge in [-0.1, -0.05) is 44.2 Å². The van der Waals surface area contributed by atoms with Gasteiger partial charge >= 0.3 is 0 Å². The van der Waals surface area contributed by atoms with Crippen molar-refractivity contribution in [1.82, 2.24) is 15.1 Å². The lowest BCUT2D eigenvalue weighted by atomic mass is 10.2. The van der Waals surface area contributed by atoms with E-state index in [0.29, 0.717) is 17.1 Å². The summed E-state index contributed by atoms with van der Waals surface area (Å²) >= 11 is 0. The smallest absolute Gasteiger partial charge is 0.272 e. The average molecular weight is 380 g/mol. The standard InChI is InChI=1S/C21H21FN4O2/c1-14(2)20(27)24-19-12-18(25-26(19)17-9-4-3-5-10-17)21(28)23-13-15-7-6-8-16(22)11-15/h3-12,14H,13H2,1-2H3,(H,23,28)(H,24,27). The highest BCUT2D eigenvalue weighted by Crippen LogP contribution is 2.18. The molecule has 7 heteroatoms. The van der Waals surface area contributed by atoms with E-state index in [1.807, 2.05) is 30.3 Å². The highest BCUT2D eigenvalue weighted by molar-refractivity contribution is 5.96. The van der Waals surface area contributed by atoms with Crippen molar-refractivity contribution in [3.05, 3.63) is 77.7 Å². The third-order valence-electron chi connectivity index (χ3n) is 4.06. The molecule has 0 spiro atoms. The Bertz CT molecular complexity index is 983. The van der Waals surface area contributed by atoms with Gasteiger partial charge in [0.1, 0.15) is 11.6 Å². The zero-order valence-electron chi connectivity index (χ0n) is 15.6. The van der Waals surface area contributed by atoms with Crippen molar-refractivity contribution in [2.45, 2.75) is 20.4 Å². The van der Waals surface area contributed by atoms with E-state index in [1.165, 1.54) is 22.9 Å². The van der Waals surface area contributed by atoms with Crippen LogP contribution >= 0.6 is 0 Å². The number of hydrogen-bond acceptors (Lipinski definition) is 3. The van der Waals surface area contributed by atoms with Crippen molar-refractivity contribution in [3.8, 4) is 5.69 Å². The number of amides is 2. The Morgan fingerprint density at radius 3 is 2.50 bits per heavy atom. The van der Waals surface area contributed by atoms with E-state index in [1.54, 1.807) is 26.0 Å². The fraction of sp³-hybridized carbons (Fsp3) is 0.190. The number of halogens is 1. The number of nitrogens with zero attached hydrogens (tertiary/aromatic N) is 2. The molecule has 28 heavy (non-hydrogen) atoms. The molecule has 0 aliphatic rings. The highest BCUT2D eigenvalue weighted by atomic mass is 19.1. The third kappa shape index (κ3) is 4.62. The molecular weight excluding hydrogens is 359 g/mol. The number of nitrogens with one attached hydrogen (secondary N) is 2. The fourth-order valence-electron chi connectivity index (χ4n) is 2.54. The first-order valence-corrected chi connectivity index (χ1v) is 8.93. The molecule has 1 heterocycles. The first-order chi connectivity index (χ1) is 13.4. The molecule has 144 valence electrons. The summed E-state index contributed by atoms with van der Waals surface area (Å²) in [7, 11) is 0. The molecule has 0 atom stereocenters. The maximum Gasteiger partial charge on any atom is 0.272 e. The van der Waals surface area contributed by atoms with Gasteiger partial charge in [-0.15, -0.1) is 0 Å². The molecule has 2 N–H and O–H groups in total. The second-order valence-electron chi connectivity index (χ2n) is 6.62. The van der Waals surface area contributed by atoms with E-state index >= 15 is 0 Å². The Kier molecular flexibility index (Phi) is 5.84. The van der Waals surface area contributed by atoms with Crippen LogP contribution in [-0.2, 0) is 11.3 Å². The van der Waals surface area contributed by atoms with E-state index in [9.17, 15) is 14.0 Å². The first kappa shape index (κ1) is 19.3. The molecular formula is C21H21FN4O2. The molecule has 3 aromatic rings. The predicted molar refractivity (Wildman–Crippen MR) is 105 cm³/mol. The molecule has 2 aromatic carbocycles. The second-order valence-corrected chi connectivity index (χ2v) is 6.62. The maximum atomic E-state index is 13.3.